The zero-order valence-electron chi connectivity index (χ0n) is 8.93. The summed E-state index contributed by atoms with van der Waals surface area (Å²) in [5, 5.41) is 7.97. The summed E-state index contributed by atoms with van der Waals surface area (Å²) in [5.74, 6) is 0.633. The molecule has 0 fully saturated rings. The zero-order chi connectivity index (χ0) is 11.4. The third-order valence-electron chi connectivity index (χ3n) is 2.06. The average molecular weight is 232 g/mol. The number of rotatable bonds is 4. The van der Waals surface area contributed by atoms with E-state index in [0.29, 0.717) is 5.75 Å². The number of thioether (sulfide) groups is 1. The Hall–Kier alpha value is -1.55. The largest absolute Gasteiger partial charge is 0.299 e. The molecule has 1 N–H and O–H groups in total. The maximum absolute atomic E-state index is 10.8. The van der Waals surface area contributed by atoms with Crippen LogP contribution in [0.2, 0.25) is 0 Å². The second-order valence-electron chi connectivity index (χ2n) is 3.48. The van der Waals surface area contributed by atoms with Crippen LogP contribution in [0.25, 0.3) is 11.3 Å². The number of H-pyrrole nitrogens is 1. The van der Waals surface area contributed by atoms with Crippen LogP contribution in [0.4, 0.5) is 0 Å². The summed E-state index contributed by atoms with van der Waals surface area (Å²) in [4.78, 5) is 10.8. The summed E-state index contributed by atoms with van der Waals surface area (Å²) in [6, 6.07) is 11.9. The van der Waals surface area contributed by atoms with Crippen molar-refractivity contribution in [3.63, 3.8) is 0 Å². The van der Waals surface area contributed by atoms with Crippen LogP contribution in [0.1, 0.15) is 6.92 Å². The number of benzene rings is 1. The molecule has 0 aliphatic heterocycles. The summed E-state index contributed by atoms with van der Waals surface area (Å²) >= 11 is 1.45. The minimum Gasteiger partial charge on any atom is -0.299 e. The van der Waals surface area contributed by atoms with Crippen LogP contribution >= 0.6 is 11.8 Å². The van der Waals surface area contributed by atoms with Crippen molar-refractivity contribution in [1.82, 2.24) is 10.2 Å². The van der Waals surface area contributed by atoms with Gasteiger partial charge >= 0.3 is 0 Å². The molecule has 0 atom stereocenters. The van der Waals surface area contributed by atoms with Gasteiger partial charge in [0.2, 0.25) is 0 Å². The highest BCUT2D eigenvalue weighted by molar-refractivity contribution is 7.99. The molecule has 4 heteroatoms. The van der Waals surface area contributed by atoms with Crippen molar-refractivity contribution in [2.75, 3.05) is 5.75 Å². The van der Waals surface area contributed by atoms with E-state index in [1.54, 1.807) is 6.92 Å². The Morgan fingerprint density at radius 2 is 2.12 bits per heavy atom. The van der Waals surface area contributed by atoms with Gasteiger partial charge in [-0.1, -0.05) is 42.1 Å². The summed E-state index contributed by atoms with van der Waals surface area (Å²) < 4.78 is 0. The Morgan fingerprint density at radius 1 is 1.38 bits per heavy atom. The third-order valence-corrected chi connectivity index (χ3v) is 3.12. The van der Waals surface area contributed by atoms with E-state index in [1.807, 2.05) is 36.4 Å². The summed E-state index contributed by atoms with van der Waals surface area (Å²) in [6.07, 6.45) is 0. The van der Waals surface area contributed by atoms with Gasteiger partial charge in [-0.25, -0.2) is 0 Å². The van der Waals surface area contributed by atoms with Gasteiger partial charge in [-0.15, -0.1) is 0 Å². The van der Waals surface area contributed by atoms with E-state index >= 15 is 0 Å². The standard InChI is InChI=1S/C12H12N2OS/c1-9(15)8-16-12-7-11(13-14-12)10-5-3-2-4-6-10/h2-7H,8H2,1H3,(H,13,14). The first-order chi connectivity index (χ1) is 7.75. The molecule has 1 aromatic heterocycles. The van der Waals surface area contributed by atoms with Crippen LogP contribution < -0.4 is 0 Å². The van der Waals surface area contributed by atoms with Crippen LogP contribution in [-0.2, 0) is 4.79 Å². The highest BCUT2D eigenvalue weighted by Gasteiger charge is 2.04. The predicted octanol–water partition coefficient (Wildman–Crippen LogP) is 2.76. The second-order valence-corrected chi connectivity index (χ2v) is 4.47. The quantitative estimate of drug-likeness (QED) is 0.824. The van der Waals surface area contributed by atoms with Crippen molar-refractivity contribution in [3.8, 4) is 11.3 Å². The number of ketones is 1. The second kappa shape index (κ2) is 4.99. The molecule has 0 aliphatic rings. The normalized spacial score (nSPS) is 10.3. The first-order valence-corrected chi connectivity index (χ1v) is 5.97. The highest BCUT2D eigenvalue weighted by Crippen LogP contribution is 2.22. The maximum Gasteiger partial charge on any atom is 0.140 e. The maximum atomic E-state index is 10.8. The SMILES string of the molecule is CC(=O)CSc1cc(-c2ccccc2)[nH]n1. The van der Waals surface area contributed by atoms with Crippen molar-refractivity contribution < 1.29 is 4.79 Å². The molecule has 0 bridgehead atoms. The molecule has 2 rings (SSSR count). The lowest BCUT2D eigenvalue weighted by Gasteiger charge is -1.93. The molecule has 1 heterocycles. The van der Waals surface area contributed by atoms with E-state index in [4.69, 9.17) is 0 Å². The molecule has 0 aliphatic carbocycles. The number of carbonyl (C=O) groups excluding carboxylic acids is 1. The topological polar surface area (TPSA) is 45.8 Å². The van der Waals surface area contributed by atoms with Gasteiger partial charge in [-0.3, -0.25) is 9.89 Å². The van der Waals surface area contributed by atoms with Crippen LogP contribution in [0.15, 0.2) is 41.4 Å². The minimum absolute atomic E-state index is 0.161. The minimum atomic E-state index is 0.161. The van der Waals surface area contributed by atoms with Crippen LogP contribution in [0.3, 0.4) is 0 Å². The van der Waals surface area contributed by atoms with Crippen molar-refractivity contribution in [3.05, 3.63) is 36.4 Å². The average Bonchev–Trinajstić information content (AvgIpc) is 2.76. The number of hydrogen-bond acceptors (Lipinski definition) is 3. The Labute approximate surface area is 98.3 Å². The molecule has 0 spiro atoms. The van der Waals surface area contributed by atoms with Gasteiger partial charge in [0.1, 0.15) is 10.8 Å². The molecule has 0 amide bonds. The lowest BCUT2D eigenvalue weighted by Crippen LogP contribution is -1.92. The predicted molar refractivity (Wildman–Crippen MR) is 65.4 cm³/mol. The molecule has 3 nitrogen and oxygen atoms in total. The van der Waals surface area contributed by atoms with Crippen LogP contribution in [0, 0.1) is 0 Å². The van der Waals surface area contributed by atoms with E-state index < -0.39 is 0 Å². The Bertz CT molecular complexity index is 479. The summed E-state index contributed by atoms with van der Waals surface area (Å²) in [7, 11) is 0. The number of aromatic nitrogens is 2. The van der Waals surface area contributed by atoms with E-state index in [0.717, 1.165) is 16.3 Å². The molecule has 82 valence electrons. The van der Waals surface area contributed by atoms with Gasteiger partial charge in [0.05, 0.1) is 11.4 Å². The Morgan fingerprint density at radius 3 is 2.81 bits per heavy atom. The van der Waals surface area contributed by atoms with Crippen molar-refractivity contribution in [2.45, 2.75) is 11.9 Å². The Balaban J connectivity index is 2.11. The van der Waals surface area contributed by atoms with Gasteiger partial charge in [0.15, 0.2) is 0 Å². The monoisotopic (exact) mass is 232 g/mol. The molecule has 1 aromatic carbocycles. The number of carbonyl (C=O) groups is 1. The summed E-state index contributed by atoms with van der Waals surface area (Å²) in [6.45, 7) is 1.58. The number of aromatic amines is 1. The van der Waals surface area contributed by atoms with Gasteiger partial charge in [-0.05, 0) is 18.6 Å². The molecular formula is C12H12N2OS. The van der Waals surface area contributed by atoms with Gasteiger partial charge in [-0.2, -0.15) is 5.10 Å². The highest BCUT2D eigenvalue weighted by atomic mass is 32.2. The fraction of sp³-hybridized carbons (Fsp3) is 0.167. The molecule has 0 saturated heterocycles. The fourth-order valence-electron chi connectivity index (χ4n) is 1.32. The smallest absolute Gasteiger partial charge is 0.140 e. The molecule has 0 saturated carbocycles. The fourth-order valence-corrected chi connectivity index (χ4v) is 1.98. The summed E-state index contributed by atoms with van der Waals surface area (Å²) in [5.41, 5.74) is 2.08. The van der Waals surface area contributed by atoms with Crippen molar-refractivity contribution in [2.24, 2.45) is 0 Å². The molecular weight excluding hydrogens is 220 g/mol. The number of nitrogens with zero attached hydrogens (tertiary/aromatic N) is 1. The molecule has 0 unspecified atom stereocenters. The van der Waals surface area contributed by atoms with Crippen LogP contribution in [0.5, 0.6) is 0 Å². The van der Waals surface area contributed by atoms with Gasteiger partial charge in [0, 0.05) is 0 Å². The van der Waals surface area contributed by atoms with E-state index in [9.17, 15) is 4.79 Å². The first kappa shape index (κ1) is 11.0. The third kappa shape index (κ3) is 2.73. The van der Waals surface area contributed by atoms with E-state index in [-0.39, 0.29) is 5.78 Å². The van der Waals surface area contributed by atoms with Crippen molar-refractivity contribution in [1.29, 1.82) is 0 Å². The van der Waals surface area contributed by atoms with Crippen molar-refractivity contribution >= 4 is 17.5 Å². The number of nitrogens with one attached hydrogen (secondary N) is 1. The molecule has 0 radical (unpaired) electrons. The Kier molecular flexibility index (Phi) is 3.41. The van der Waals surface area contributed by atoms with Crippen LogP contribution in [-0.4, -0.2) is 21.7 Å². The van der Waals surface area contributed by atoms with Gasteiger partial charge in [0.25, 0.3) is 0 Å². The van der Waals surface area contributed by atoms with E-state index in [1.165, 1.54) is 11.8 Å². The number of hydrogen-bond donors (Lipinski definition) is 1. The molecule has 16 heavy (non-hydrogen) atoms. The first-order valence-electron chi connectivity index (χ1n) is 4.99. The van der Waals surface area contributed by atoms with Gasteiger partial charge < -0.3 is 0 Å². The number of Topliss-reactive ketones (excluding diaryl/α,β-unsaturated/α-hetero) is 1. The lowest BCUT2D eigenvalue weighted by molar-refractivity contribution is -0.114. The van der Waals surface area contributed by atoms with E-state index in [2.05, 4.69) is 10.2 Å². The molecule has 2 aromatic rings. The zero-order valence-corrected chi connectivity index (χ0v) is 9.75. The lowest BCUT2D eigenvalue weighted by atomic mass is 10.2.